The second-order valence-corrected chi connectivity index (χ2v) is 13.6. The van der Waals surface area contributed by atoms with Gasteiger partial charge in [-0.3, -0.25) is 9.59 Å². The smallest absolute Gasteiger partial charge is 0.160 e. The van der Waals surface area contributed by atoms with E-state index >= 15 is 0 Å². The third kappa shape index (κ3) is 3.17. The maximum Gasteiger partial charge on any atom is 0.160 e. The standard InChI is InChI=1S/C34H26O2S2/c1-33(2)27-13-19(31-11-7-21(17-35)37-31)5-9-23(27)25-16-30-26(15-29(25)33)24-10-6-20(14-28(24)34(30,3)4)32-12-8-22(18-36)38-32/h5-18H,1-4H3. The molecular weight excluding hydrogens is 505 g/mol. The lowest BCUT2D eigenvalue weighted by Crippen LogP contribution is -2.17. The van der Waals surface area contributed by atoms with Gasteiger partial charge in [-0.25, -0.2) is 0 Å². The molecule has 186 valence electrons. The lowest BCUT2D eigenvalue weighted by molar-refractivity contribution is 0.111. The number of hydrogen-bond donors (Lipinski definition) is 0. The molecule has 2 aliphatic rings. The van der Waals surface area contributed by atoms with Gasteiger partial charge in [0, 0.05) is 20.6 Å². The number of rotatable bonds is 4. The van der Waals surface area contributed by atoms with E-state index in [1.54, 1.807) is 22.7 Å². The highest BCUT2D eigenvalue weighted by atomic mass is 32.1. The van der Waals surface area contributed by atoms with Crippen molar-refractivity contribution in [3.05, 3.63) is 105 Å². The SMILES string of the molecule is CC1(C)c2cc(-c3ccc(C=O)s3)ccc2-c2cc3c(cc21)-c1ccc(-c2ccc(C=O)s2)cc1C3(C)C. The summed E-state index contributed by atoms with van der Waals surface area (Å²) in [6, 6.07) is 26.3. The van der Waals surface area contributed by atoms with Gasteiger partial charge in [-0.15, -0.1) is 22.7 Å². The van der Waals surface area contributed by atoms with Crippen LogP contribution in [0.5, 0.6) is 0 Å². The summed E-state index contributed by atoms with van der Waals surface area (Å²) in [6.07, 6.45) is 1.85. The molecule has 0 N–H and O–H groups in total. The van der Waals surface area contributed by atoms with Crippen LogP contribution in [0.15, 0.2) is 72.8 Å². The first-order chi connectivity index (χ1) is 18.2. The predicted octanol–water partition coefficient (Wildman–Crippen LogP) is 9.38. The molecule has 0 saturated heterocycles. The maximum atomic E-state index is 11.2. The molecule has 38 heavy (non-hydrogen) atoms. The number of hydrogen-bond acceptors (Lipinski definition) is 4. The second-order valence-electron chi connectivity index (χ2n) is 11.4. The molecule has 0 amide bonds. The Bertz CT molecular complexity index is 1680. The molecule has 2 aromatic heterocycles. The molecule has 0 radical (unpaired) electrons. The number of carbonyl (C=O) groups excluding carboxylic acids is 2. The van der Waals surface area contributed by atoms with Gasteiger partial charge in [0.25, 0.3) is 0 Å². The number of carbonyl (C=O) groups is 2. The zero-order valence-electron chi connectivity index (χ0n) is 21.7. The van der Waals surface area contributed by atoms with E-state index in [0.717, 1.165) is 32.1 Å². The van der Waals surface area contributed by atoms with Crippen molar-refractivity contribution in [3.63, 3.8) is 0 Å². The van der Waals surface area contributed by atoms with Gasteiger partial charge in [0.2, 0.25) is 0 Å². The minimum Gasteiger partial charge on any atom is -0.297 e. The molecule has 0 bridgehead atoms. The largest absolute Gasteiger partial charge is 0.297 e. The summed E-state index contributed by atoms with van der Waals surface area (Å²) in [6.45, 7) is 9.30. The van der Waals surface area contributed by atoms with Gasteiger partial charge in [0.1, 0.15) is 0 Å². The van der Waals surface area contributed by atoms with Crippen LogP contribution in [-0.2, 0) is 10.8 Å². The topological polar surface area (TPSA) is 34.1 Å². The van der Waals surface area contributed by atoms with Crippen molar-refractivity contribution < 1.29 is 9.59 Å². The van der Waals surface area contributed by atoms with Crippen molar-refractivity contribution in [2.24, 2.45) is 0 Å². The Labute approximate surface area is 230 Å². The Balaban J connectivity index is 1.36. The zero-order valence-corrected chi connectivity index (χ0v) is 23.3. The average molecular weight is 531 g/mol. The van der Waals surface area contributed by atoms with Crippen LogP contribution in [0.3, 0.4) is 0 Å². The van der Waals surface area contributed by atoms with E-state index in [2.05, 4.69) is 76.2 Å². The molecule has 0 aliphatic heterocycles. The summed E-state index contributed by atoms with van der Waals surface area (Å²) >= 11 is 3.09. The summed E-state index contributed by atoms with van der Waals surface area (Å²) in [5.74, 6) is 0. The molecule has 2 nitrogen and oxygen atoms in total. The molecule has 0 fully saturated rings. The van der Waals surface area contributed by atoms with Crippen molar-refractivity contribution in [1.29, 1.82) is 0 Å². The molecule has 2 aliphatic carbocycles. The number of fused-ring (bicyclic) bond motifs is 6. The lowest BCUT2D eigenvalue weighted by atomic mass is 9.79. The fraction of sp³-hybridized carbons (Fsp3) is 0.176. The van der Waals surface area contributed by atoms with E-state index < -0.39 is 0 Å². The molecule has 2 heterocycles. The number of aldehydes is 2. The predicted molar refractivity (Wildman–Crippen MR) is 159 cm³/mol. The summed E-state index contributed by atoms with van der Waals surface area (Å²) in [5, 5.41) is 0. The first kappa shape index (κ1) is 23.5. The third-order valence-corrected chi connectivity index (χ3v) is 10.6. The quantitative estimate of drug-likeness (QED) is 0.217. The Morgan fingerprint density at radius 3 is 1.26 bits per heavy atom. The van der Waals surface area contributed by atoms with Crippen LogP contribution in [0, 0.1) is 0 Å². The molecule has 0 spiro atoms. The van der Waals surface area contributed by atoms with Crippen LogP contribution in [0.4, 0.5) is 0 Å². The van der Waals surface area contributed by atoms with Crippen LogP contribution >= 0.6 is 22.7 Å². The Morgan fingerprint density at radius 2 is 0.895 bits per heavy atom. The molecule has 3 aromatic carbocycles. The van der Waals surface area contributed by atoms with Gasteiger partial charge in [-0.2, -0.15) is 0 Å². The Kier molecular flexibility index (Phi) is 4.92. The molecule has 5 aromatic rings. The molecule has 7 rings (SSSR count). The highest BCUT2D eigenvalue weighted by Crippen LogP contribution is 2.57. The van der Waals surface area contributed by atoms with Crippen molar-refractivity contribution in [3.8, 4) is 43.1 Å². The van der Waals surface area contributed by atoms with Gasteiger partial charge < -0.3 is 0 Å². The molecule has 0 atom stereocenters. The Morgan fingerprint density at radius 1 is 0.500 bits per heavy atom. The third-order valence-electron chi connectivity index (χ3n) is 8.53. The second kappa shape index (κ2) is 7.95. The van der Waals surface area contributed by atoms with Crippen molar-refractivity contribution >= 4 is 35.2 Å². The van der Waals surface area contributed by atoms with E-state index in [-0.39, 0.29) is 10.8 Å². The maximum absolute atomic E-state index is 11.2. The minimum absolute atomic E-state index is 0.129. The average Bonchev–Trinajstić information content (AvgIpc) is 3.68. The van der Waals surface area contributed by atoms with Gasteiger partial charge in [0.05, 0.1) is 9.75 Å². The summed E-state index contributed by atoms with van der Waals surface area (Å²) in [7, 11) is 0. The van der Waals surface area contributed by atoms with Gasteiger partial charge in [-0.1, -0.05) is 52.0 Å². The zero-order chi connectivity index (χ0) is 26.4. The fourth-order valence-corrected chi connectivity index (χ4v) is 8.05. The van der Waals surface area contributed by atoms with Gasteiger partial charge in [0.15, 0.2) is 12.6 Å². The van der Waals surface area contributed by atoms with Crippen molar-refractivity contribution in [2.75, 3.05) is 0 Å². The molecule has 0 unspecified atom stereocenters. The number of benzene rings is 3. The van der Waals surface area contributed by atoms with Crippen molar-refractivity contribution in [2.45, 2.75) is 38.5 Å². The van der Waals surface area contributed by atoms with Gasteiger partial charge in [-0.05, 0) is 104 Å². The van der Waals surface area contributed by atoms with E-state index in [0.29, 0.717) is 0 Å². The van der Waals surface area contributed by atoms with Crippen molar-refractivity contribution in [1.82, 2.24) is 0 Å². The fourth-order valence-electron chi connectivity index (χ4n) is 6.41. The Hall–Kier alpha value is -3.60. The van der Waals surface area contributed by atoms with E-state index in [4.69, 9.17) is 0 Å². The van der Waals surface area contributed by atoms with Gasteiger partial charge >= 0.3 is 0 Å². The summed E-state index contributed by atoms with van der Waals surface area (Å²) in [5.41, 5.74) is 12.7. The van der Waals surface area contributed by atoms with Crippen LogP contribution < -0.4 is 0 Å². The monoisotopic (exact) mass is 530 g/mol. The highest BCUT2D eigenvalue weighted by Gasteiger charge is 2.41. The van der Waals surface area contributed by atoms with Crippen LogP contribution in [0.1, 0.15) is 69.3 Å². The lowest BCUT2D eigenvalue weighted by Gasteiger charge is -2.24. The van der Waals surface area contributed by atoms with Crippen LogP contribution in [-0.4, -0.2) is 12.6 Å². The minimum atomic E-state index is -0.129. The highest BCUT2D eigenvalue weighted by molar-refractivity contribution is 7.17. The summed E-state index contributed by atoms with van der Waals surface area (Å²) < 4.78 is 0. The normalized spacial score (nSPS) is 15.5. The number of thiophene rings is 2. The first-order valence-corrected chi connectivity index (χ1v) is 14.5. The first-order valence-electron chi connectivity index (χ1n) is 12.8. The van der Waals surface area contributed by atoms with E-state index in [1.807, 2.05) is 24.3 Å². The molecule has 4 heteroatoms. The van der Waals surface area contributed by atoms with E-state index in [9.17, 15) is 9.59 Å². The molecule has 0 saturated carbocycles. The van der Waals surface area contributed by atoms with Crippen LogP contribution in [0.2, 0.25) is 0 Å². The van der Waals surface area contributed by atoms with Crippen LogP contribution in [0.25, 0.3) is 43.1 Å². The molecular formula is C34H26O2S2. The van der Waals surface area contributed by atoms with E-state index in [1.165, 1.54) is 55.6 Å². The summed E-state index contributed by atoms with van der Waals surface area (Å²) in [4.78, 5) is 26.2.